The van der Waals surface area contributed by atoms with Gasteiger partial charge in [0.1, 0.15) is 12.4 Å². The molecular weight excluding hydrogens is 363 g/mol. The Morgan fingerprint density at radius 1 is 1.11 bits per heavy atom. The van der Waals surface area contributed by atoms with E-state index in [9.17, 15) is 22.8 Å². The van der Waals surface area contributed by atoms with Crippen LogP contribution in [0.4, 0.5) is 18.0 Å². The van der Waals surface area contributed by atoms with E-state index in [2.05, 4.69) is 4.74 Å². The first-order chi connectivity index (χ1) is 12.8. The summed E-state index contributed by atoms with van der Waals surface area (Å²) < 4.78 is 46.5. The van der Waals surface area contributed by atoms with E-state index in [0.717, 1.165) is 16.5 Å². The van der Waals surface area contributed by atoms with Gasteiger partial charge in [-0.05, 0) is 18.1 Å². The molecule has 1 saturated heterocycles. The summed E-state index contributed by atoms with van der Waals surface area (Å²) in [5.41, 5.74) is 0.956. The number of carbonyl (C=O) groups excluding carboxylic acids is 2. The topological polar surface area (TPSA) is 55.8 Å². The van der Waals surface area contributed by atoms with Crippen LogP contribution in [0.15, 0.2) is 54.6 Å². The Morgan fingerprint density at radius 2 is 1.78 bits per heavy atom. The maximum Gasteiger partial charge on any atom is 0.573 e. The minimum atomic E-state index is -4.87. The van der Waals surface area contributed by atoms with Crippen molar-refractivity contribution in [3.8, 4) is 5.75 Å². The van der Waals surface area contributed by atoms with Crippen LogP contribution >= 0.6 is 0 Å². The molecule has 2 amide bonds. The monoisotopic (exact) mass is 379 g/mol. The predicted octanol–water partition coefficient (Wildman–Crippen LogP) is 3.72. The van der Waals surface area contributed by atoms with E-state index in [1.807, 2.05) is 30.3 Å². The molecule has 0 aliphatic carbocycles. The maximum absolute atomic E-state index is 12.6. The molecule has 0 bridgehead atoms. The second-order valence-corrected chi connectivity index (χ2v) is 6.02. The third-order valence-corrected chi connectivity index (χ3v) is 4.08. The number of rotatable bonds is 5. The summed E-state index contributed by atoms with van der Waals surface area (Å²) in [5.74, 6) is -1.11. The zero-order chi connectivity index (χ0) is 19.4. The largest absolute Gasteiger partial charge is 0.573 e. The molecule has 27 heavy (non-hydrogen) atoms. The van der Waals surface area contributed by atoms with Gasteiger partial charge in [0.15, 0.2) is 0 Å². The number of alkyl halides is 3. The second kappa shape index (κ2) is 7.69. The smallest absolute Gasteiger partial charge is 0.447 e. The lowest BCUT2D eigenvalue weighted by atomic mass is 10.0. The standard InChI is InChI=1S/C19H16F3NO4/c20-19(21,22)27-16-9-5-4-8-14(16)11-17(24)23-15(12-26-18(23)25)10-13-6-2-1-3-7-13/h1-9,15H,10-12H2/t15-/m1/s1. The van der Waals surface area contributed by atoms with Gasteiger partial charge >= 0.3 is 12.5 Å². The van der Waals surface area contributed by atoms with Crippen molar-refractivity contribution in [2.75, 3.05) is 6.61 Å². The molecule has 8 heteroatoms. The molecule has 5 nitrogen and oxygen atoms in total. The Balaban J connectivity index is 1.75. The minimum Gasteiger partial charge on any atom is -0.447 e. The van der Waals surface area contributed by atoms with Gasteiger partial charge in [0.05, 0.1) is 12.5 Å². The van der Waals surface area contributed by atoms with Crippen LogP contribution in [0.1, 0.15) is 11.1 Å². The van der Waals surface area contributed by atoms with E-state index in [1.54, 1.807) is 0 Å². The van der Waals surface area contributed by atoms with E-state index in [0.29, 0.717) is 6.42 Å². The molecule has 0 spiro atoms. The lowest BCUT2D eigenvalue weighted by Gasteiger charge is -2.20. The Morgan fingerprint density at radius 3 is 2.48 bits per heavy atom. The Kier molecular flexibility index (Phi) is 5.34. The van der Waals surface area contributed by atoms with Crippen LogP contribution in [0.3, 0.4) is 0 Å². The van der Waals surface area contributed by atoms with E-state index in [1.165, 1.54) is 18.2 Å². The molecule has 0 radical (unpaired) electrons. The highest BCUT2D eigenvalue weighted by Crippen LogP contribution is 2.27. The molecule has 0 saturated carbocycles. The molecule has 1 aliphatic heterocycles. The summed E-state index contributed by atoms with van der Waals surface area (Å²) in [6.45, 7) is 0.0418. The molecule has 0 N–H and O–H groups in total. The molecule has 1 fully saturated rings. The van der Waals surface area contributed by atoms with E-state index in [-0.39, 0.29) is 12.2 Å². The van der Waals surface area contributed by atoms with E-state index < -0.39 is 36.6 Å². The van der Waals surface area contributed by atoms with Crippen LogP contribution < -0.4 is 4.74 Å². The fourth-order valence-electron chi connectivity index (χ4n) is 2.92. The third kappa shape index (κ3) is 4.78. The number of cyclic esters (lactones) is 1. The van der Waals surface area contributed by atoms with Crippen LogP contribution in [0.2, 0.25) is 0 Å². The SMILES string of the molecule is O=C(Cc1ccccc1OC(F)(F)F)N1C(=O)OC[C@H]1Cc1ccccc1. The first-order valence-electron chi connectivity index (χ1n) is 8.20. The molecule has 142 valence electrons. The van der Waals surface area contributed by atoms with Crippen LogP contribution in [0, 0.1) is 0 Å². The first kappa shape index (κ1) is 18.8. The quantitative estimate of drug-likeness (QED) is 0.795. The van der Waals surface area contributed by atoms with Gasteiger partial charge in [-0.2, -0.15) is 0 Å². The van der Waals surface area contributed by atoms with Gasteiger partial charge in [0.2, 0.25) is 5.91 Å². The summed E-state index contributed by atoms with van der Waals surface area (Å²) in [6.07, 6.45) is -5.68. The number of imide groups is 1. The van der Waals surface area contributed by atoms with Crippen molar-refractivity contribution in [3.05, 3.63) is 65.7 Å². The van der Waals surface area contributed by atoms with Crippen molar-refractivity contribution < 1.29 is 32.2 Å². The van der Waals surface area contributed by atoms with Crippen LogP contribution in [-0.2, 0) is 22.4 Å². The normalized spacial score (nSPS) is 16.9. The summed E-state index contributed by atoms with van der Waals surface area (Å²) in [5, 5.41) is 0. The Labute approximate surface area is 153 Å². The summed E-state index contributed by atoms with van der Waals surface area (Å²) in [4.78, 5) is 25.6. The predicted molar refractivity (Wildman–Crippen MR) is 89.0 cm³/mol. The molecule has 1 atom stereocenters. The van der Waals surface area contributed by atoms with Crippen molar-refractivity contribution >= 4 is 12.0 Å². The molecule has 0 unspecified atom stereocenters. The Bertz CT molecular complexity index is 823. The number of halogens is 3. The fourth-order valence-corrected chi connectivity index (χ4v) is 2.92. The number of para-hydroxylation sites is 1. The summed E-state index contributed by atoms with van der Waals surface area (Å²) >= 11 is 0. The number of carbonyl (C=O) groups is 2. The number of nitrogens with zero attached hydrogens (tertiary/aromatic N) is 1. The van der Waals surface area contributed by atoms with Crippen molar-refractivity contribution in [2.24, 2.45) is 0 Å². The van der Waals surface area contributed by atoms with Crippen LogP contribution in [-0.4, -0.2) is 35.9 Å². The van der Waals surface area contributed by atoms with Gasteiger partial charge in [0, 0.05) is 5.56 Å². The minimum absolute atomic E-state index is 0.0398. The first-order valence-corrected chi connectivity index (χ1v) is 8.20. The van der Waals surface area contributed by atoms with E-state index in [4.69, 9.17) is 4.74 Å². The maximum atomic E-state index is 12.6. The fraction of sp³-hybridized carbons (Fsp3) is 0.263. The van der Waals surface area contributed by atoms with Gasteiger partial charge < -0.3 is 9.47 Å². The molecule has 1 aliphatic rings. The van der Waals surface area contributed by atoms with Crippen molar-refractivity contribution in [2.45, 2.75) is 25.2 Å². The highest BCUT2D eigenvalue weighted by Gasteiger charge is 2.38. The van der Waals surface area contributed by atoms with Crippen molar-refractivity contribution in [1.29, 1.82) is 0 Å². The highest BCUT2D eigenvalue weighted by atomic mass is 19.4. The van der Waals surface area contributed by atoms with Crippen LogP contribution in [0.25, 0.3) is 0 Å². The zero-order valence-electron chi connectivity index (χ0n) is 14.1. The average Bonchev–Trinajstić information content (AvgIpc) is 2.97. The van der Waals surface area contributed by atoms with Crippen LogP contribution in [0.5, 0.6) is 5.75 Å². The van der Waals surface area contributed by atoms with Gasteiger partial charge in [0.25, 0.3) is 0 Å². The molecule has 1 heterocycles. The lowest BCUT2D eigenvalue weighted by molar-refractivity contribution is -0.274. The number of ether oxygens (including phenoxy) is 2. The number of benzene rings is 2. The molecule has 2 aromatic carbocycles. The second-order valence-electron chi connectivity index (χ2n) is 6.02. The van der Waals surface area contributed by atoms with Gasteiger partial charge in [-0.15, -0.1) is 13.2 Å². The average molecular weight is 379 g/mol. The lowest BCUT2D eigenvalue weighted by Crippen LogP contribution is -2.41. The third-order valence-electron chi connectivity index (χ3n) is 4.08. The van der Waals surface area contributed by atoms with E-state index >= 15 is 0 Å². The van der Waals surface area contributed by atoms with Gasteiger partial charge in [-0.1, -0.05) is 48.5 Å². The zero-order valence-corrected chi connectivity index (χ0v) is 14.1. The van der Waals surface area contributed by atoms with Gasteiger partial charge in [-0.25, -0.2) is 9.69 Å². The Hall–Kier alpha value is -3.03. The number of hydrogen-bond acceptors (Lipinski definition) is 4. The molecule has 0 aromatic heterocycles. The summed E-state index contributed by atoms with van der Waals surface area (Å²) in [7, 11) is 0. The number of hydrogen-bond donors (Lipinski definition) is 0. The highest BCUT2D eigenvalue weighted by molar-refractivity contribution is 5.94. The molecule has 2 aromatic rings. The van der Waals surface area contributed by atoms with Crippen molar-refractivity contribution in [3.63, 3.8) is 0 Å². The molecular formula is C19H16F3NO4. The van der Waals surface area contributed by atoms with Crippen molar-refractivity contribution in [1.82, 2.24) is 4.90 Å². The number of amides is 2. The summed E-state index contributed by atoms with van der Waals surface area (Å²) in [6, 6.07) is 14.1. The van der Waals surface area contributed by atoms with Gasteiger partial charge in [-0.3, -0.25) is 4.79 Å². The molecule has 3 rings (SSSR count).